The van der Waals surface area contributed by atoms with Crippen LogP contribution in [0.4, 0.5) is 0 Å². The van der Waals surface area contributed by atoms with Crippen LogP contribution in [0.3, 0.4) is 0 Å². The van der Waals surface area contributed by atoms with Crippen molar-refractivity contribution in [3.8, 4) is 0 Å². The molecule has 0 spiro atoms. The first kappa shape index (κ1) is 76.9. The van der Waals surface area contributed by atoms with Crippen molar-refractivity contribution in [2.45, 2.75) is 412 Å². The van der Waals surface area contributed by atoms with Crippen LogP contribution in [0.25, 0.3) is 0 Å². The molecule has 466 valence electrons. The third-order valence-electron chi connectivity index (χ3n) is 16.4. The smallest absolute Gasteiger partial charge is 0.306 e. The first-order valence-corrected chi connectivity index (χ1v) is 35.8. The molecule has 0 aromatic carbocycles. The van der Waals surface area contributed by atoms with Crippen molar-refractivity contribution < 1.29 is 28.6 Å². The van der Waals surface area contributed by atoms with E-state index in [-0.39, 0.29) is 31.1 Å². The molecule has 6 heteroatoms. The van der Waals surface area contributed by atoms with E-state index in [4.69, 9.17) is 14.2 Å². The number of hydrogen-bond acceptors (Lipinski definition) is 6. The lowest BCUT2D eigenvalue weighted by Gasteiger charge is -2.18. The van der Waals surface area contributed by atoms with Crippen LogP contribution in [0.15, 0.2) is 24.3 Å². The fraction of sp³-hybridized carbons (Fsp3) is 0.904. The van der Waals surface area contributed by atoms with E-state index in [1.165, 1.54) is 308 Å². The van der Waals surface area contributed by atoms with Gasteiger partial charge in [0, 0.05) is 19.3 Å². The monoisotopic (exact) mass is 1110 g/mol. The van der Waals surface area contributed by atoms with Gasteiger partial charge in [0.15, 0.2) is 6.10 Å². The predicted molar refractivity (Wildman–Crippen MR) is 344 cm³/mol. The van der Waals surface area contributed by atoms with Crippen LogP contribution < -0.4 is 0 Å². The molecule has 0 aliphatic carbocycles. The standard InChI is InChI=1S/C73H138O6/c1-4-7-10-13-16-19-22-25-28-31-33-35-36-38-39-42-45-48-51-54-57-60-63-66-72(75)78-69-70(68-77-71(74)65-62-59-56-53-50-47-44-41-30-27-24-21-18-15-12-9-6-3)79-73(76)67-64-61-58-55-52-49-46-43-40-37-34-32-29-26-23-20-17-14-11-8-5-2/h31-34,70H,4-30,35-69H2,1-3H3/b33-31-,34-32-. The molecule has 0 bridgehead atoms. The van der Waals surface area contributed by atoms with Crippen LogP contribution in [0.2, 0.25) is 0 Å². The molecule has 0 radical (unpaired) electrons. The van der Waals surface area contributed by atoms with Gasteiger partial charge in [-0.25, -0.2) is 0 Å². The Morgan fingerprint density at radius 3 is 0.633 bits per heavy atom. The molecular weight excluding hydrogens is 973 g/mol. The minimum Gasteiger partial charge on any atom is -0.462 e. The van der Waals surface area contributed by atoms with Gasteiger partial charge in [-0.15, -0.1) is 0 Å². The summed E-state index contributed by atoms with van der Waals surface area (Å²) in [7, 11) is 0. The lowest BCUT2D eigenvalue weighted by atomic mass is 10.0. The van der Waals surface area contributed by atoms with Gasteiger partial charge in [-0.1, -0.05) is 340 Å². The second-order valence-electron chi connectivity index (χ2n) is 24.5. The van der Waals surface area contributed by atoms with Crippen molar-refractivity contribution in [1.82, 2.24) is 0 Å². The number of unbranched alkanes of at least 4 members (excludes halogenated alkanes) is 52. The third-order valence-corrected chi connectivity index (χ3v) is 16.4. The zero-order valence-electron chi connectivity index (χ0n) is 53.7. The van der Waals surface area contributed by atoms with Gasteiger partial charge in [0.25, 0.3) is 0 Å². The maximum Gasteiger partial charge on any atom is 0.306 e. The van der Waals surface area contributed by atoms with E-state index in [1.54, 1.807) is 0 Å². The van der Waals surface area contributed by atoms with Crippen molar-refractivity contribution in [2.24, 2.45) is 0 Å². The molecule has 0 N–H and O–H groups in total. The summed E-state index contributed by atoms with van der Waals surface area (Å²) in [6.45, 7) is 6.73. The minimum absolute atomic E-state index is 0.0663. The summed E-state index contributed by atoms with van der Waals surface area (Å²) >= 11 is 0. The molecule has 0 aliphatic rings. The molecule has 0 saturated carbocycles. The molecule has 6 nitrogen and oxygen atoms in total. The Bertz CT molecular complexity index is 1270. The van der Waals surface area contributed by atoms with Gasteiger partial charge < -0.3 is 14.2 Å². The fourth-order valence-corrected chi connectivity index (χ4v) is 11.0. The van der Waals surface area contributed by atoms with Crippen LogP contribution in [-0.4, -0.2) is 37.2 Å². The molecule has 1 unspecified atom stereocenters. The van der Waals surface area contributed by atoms with Gasteiger partial charge in [-0.2, -0.15) is 0 Å². The largest absolute Gasteiger partial charge is 0.462 e. The van der Waals surface area contributed by atoms with E-state index in [1.807, 2.05) is 0 Å². The van der Waals surface area contributed by atoms with Gasteiger partial charge in [-0.05, 0) is 70.6 Å². The number of rotatable bonds is 67. The van der Waals surface area contributed by atoms with Crippen molar-refractivity contribution in [3.05, 3.63) is 24.3 Å². The lowest BCUT2D eigenvalue weighted by Crippen LogP contribution is -2.30. The molecule has 0 aliphatic heterocycles. The molecule has 0 fully saturated rings. The maximum absolute atomic E-state index is 13.0. The highest BCUT2D eigenvalue weighted by molar-refractivity contribution is 5.71. The molecule has 0 heterocycles. The Kier molecular flexibility index (Phi) is 66.6. The quantitative estimate of drug-likeness (QED) is 0.0261. The molecule has 0 saturated heterocycles. The van der Waals surface area contributed by atoms with E-state index in [0.717, 1.165) is 57.8 Å². The molecule has 0 amide bonds. The van der Waals surface area contributed by atoms with E-state index in [9.17, 15) is 14.4 Å². The SMILES string of the molecule is CCCCCCCCCC/C=C\CCCCCCCCCCCCCC(=O)OCC(COC(=O)CCCCCCCCCCCCCCCCCCC)OC(=O)CCCCCCCCCCC/C=C\CCCCCCCCCC. The first-order valence-electron chi connectivity index (χ1n) is 35.8. The molecule has 0 rings (SSSR count). The maximum atomic E-state index is 13.0. The average molecular weight is 1110 g/mol. The van der Waals surface area contributed by atoms with Gasteiger partial charge in [0.1, 0.15) is 13.2 Å². The van der Waals surface area contributed by atoms with Crippen LogP contribution in [0.5, 0.6) is 0 Å². The summed E-state index contributed by atoms with van der Waals surface area (Å²) in [6, 6.07) is 0. The van der Waals surface area contributed by atoms with Crippen LogP contribution in [-0.2, 0) is 28.6 Å². The highest BCUT2D eigenvalue weighted by Gasteiger charge is 2.19. The van der Waals surface area contributed by atoms with Gasteiger partial charge >= 0.3 is 17.9 Å². The van der Waals surface area contributed by atoms with Gasteiger partial charge in [0.05, 0.1) is 0 Å². The average Bonchev–Trinajstić information content (AvgIpc) is 3.45. The van der Waals surface area contributed by atoms with Crippen LogP contribution in [0, 0.1) is 0 Å². The summed E-state index contributed by atoms with van der Waals surface area (Å²) in [5.74, 6) is -0.836. The van der Waals surface area contributed by atoms with E-state index in [0.29, 0.717) is 19.3 Å². The second-order valence-corrected chi connectivity index (χ2v) is 24.5. The number of hydrogen-bond donors (Lipinski definition) is 0. The van der Waals surface area contributed by atoms with Gasteiger partial charge in [0.2, 0.25) is 0 Å². The Morgan fingerprint density at radius 2 is 0.418 bits per heavy atom. The molecule has 0 aromatic heterocycles. The molecule has 0 aromatic rings. The Balaban J connectivity index is 4.29. The first-order chi connectivity index (χ1) is 39.0. The Morgan fingerprint density at radius 1 is 0.241 bits per heavy atom. The highest BCUT2D eigenvalue weighted by Crippen LogP contribution is 2.18. The zero-order valence-corrected chi connectivity index (χ0v) is 53.7. The Hall–Kier alpha value is -2.11. The van der Waals surface area contributed by atoms with Crippen molar-refractivity contribution in [1.29, 1.82) is 0 Å². The molecule has 79 heavy (non-hydrogen) atoms. The molecule has 1 atom stereocenters. The van der Waals surface area contributed by atoms with Gasteiger partial charge in [-0.3, -0.25) is 14.4 Å². The van der Waals surface area contributed by atoms with Crippen LogP contribution in [0.1, 0.15) is 406 Å². The fourth-order valence-electron chi connectivity index (χ4n) is 11.0. The number of esters is 3. The predicted octanol–water partition coefficient (Wildman–Crippen LogP) is 24.6. The van der Waals surface area contributed by atoms with E-state index in [2.05, 4.69) is 45.1 Å². The van der Waals surface area contributed by atoms with Crippen molar-refractivity contribution in [3.63, 3.8) is 0 Å². The number of carbonyl (C=O) groups excluding carboxylic acids is 3. The summed E-state index contributed by atoms with van der Waals surface area (Å²) < 4.78 is 17.0. The summed E-state index contributed by atoms with van der Waals surface area (Å²) in [5.41, 5.74) is 0. The van der Waals surface area contributed by atoms with Crippen molar-refractivity contribution >= 4 is 17.9 Å². The van der Waals surface area contributed by atoms with Crippen LogP contribution >= 0.6 is 0 Å². The second kappa shape index (κ2) is 68.4. The number of carbonyl (C=O) groups is 3. The highest BCUT2D eigenvalue weighted by atomic mass is 16.6. The normalized spacial score (nSPS) is 12.1. The van der Waals surface area contributed by atoms with Crippen molar-refractivity contribution in [2.75, 3.05) is 13.2 Å². The summed E-state index contributed by atoms with van der Waals surface area (Å²) in [4.78, 5) is 38.5. The topological polar surface area (TPSA) is 78.9 Å². The number of ether oxygens (including phenoxy) is 3. The van der Waals surface area contributed by atoms with E-state index >= 15 is 0 Å². The minimum atomic E-state index is -0.771. The lowest BCUT2D eigenvalue weighted by molar-refractivity contribution is -0.167. The third kappa shape index (κ3) is 66.6. The number of allylic oxidation sites excluding steroid dienone is 4. The van der Waals surface area contributed by atoms with E-state index < -0.39 is 6.10 Å². The Labute approximate surface area is 493 Å². The zero-order chi connectivity index (χ0) is 57.1. The molecular formula is C73H138O6. The summed E-state index contributed by atoms with van der Waals surface area (Å²) in [5, 5.41) is 0. The summed E-state index contributed by atoms with van der Waals surface area (Å²) in [6.07, 6.45) is 83.4.